The molecule has 3 heterocycles. The van der Waals surface area contributed by atoms with E-state index >= 15 is 4.39 Å². The molecule has 1 unspecified atom stereocenters. The van der Waals surface area contributed by atoms with Gasteiger partial charge >= 0.3 is 0 Å². The first-order valence-electron chi connectivity index (χ1n) is 14.0. The van der Waals surface area contributed by atoms with E-state index in [4.69, 9.17) is 15.2 Å². The highest BCUT2D eigenvalue weighted by Crippen LogP contribution is 2.48. The first-order chi connectivity index (χ1) is 19.5. The fourth-order valence-electron chi connectivity index (χ4n) is 5.56. The highest BCUT2D eigenvalue weighted by Gasteiger charge is 2.32. The van der Waals surface area contributed by atoms with Gasteiger partial charge in [0.25, 0.3) is 5.91 Å². The predicted molar refractivity (Wildman–Crippen MR) is 155 cm³/mol. The maximum atomic E-state index is 15.8. The van der Waals surface area contributed by atoms with E-state index < -0.39 is 17.2 Å². The van der Waals surface area contributed by atoms with E-state index in [1.54, 1.807) is 10.8 Å². The number of halogens is 1. The molecule has 2 aliphatic heterocycles. The minimum Gasteiger partial charge on any atom is -0.451 e. The second-order valence-corrected chi connectivity index (χ2v) is 10.5. The van der Waals surface area contributed by atoms with Crippen LogP contribution in [-0.2, 0) is 4.74 Å². The highest BCUT2D eigenvalue weighted by atomic mass is 19.1. The summed E-state index contributed by atoms with van der Waals surface area (Å²) >= 11 is 0. The van der Waals surface area contributed by atoms with Crippen molar-refractivity contribution in [1.29, 1.82) is 0 Å². The summed E-state index contributed by atoms with van der Waals surface area (Å²) in [5.41, 5.74) is 6.94. The maximum absolute atomic E-state index is 15.8. The second kappa shape index (κ2) is 10.9. The monoisotopic (exact) mass is 544 g/mol. The summed E-state index contributed by atoms with van der Waals surface area (Å²) in [7, 11) is 0. The van der Waals surface area contributed by atoms with E-state index in [1.165, 1.54) is 6.07 Å². The fourth-order valence-corrected chi connectivity index (χ4v) is 5.56. The minimum absolute atomic E-state index is 0.0540. The van der Waals surface area contributed by atoms with Crippen molar-refractivity contribution in [3.8, 4) is 17.2 Å². The number of nitrogens with one attached hydrogen (secondary N) is 1. The third kappa shape index (κ3) is 4.69. The highest BCUT2D eigenvalue weighted by molar-refractivity contribution is 6.02. The quantitative estimate of drug-likeness (QED) is 0.257. The third-order valence-corrected chi connectivity index (χ3v) is 7.65. The fraction of sp³-hybridized carbons (Fsp3) is 0.355. The van der Waals surface area contributed by atoms with E-state index in [1.807, 2.05) is 41.3 Å². The van der Waals surface area contributed by atoms with Gasteiger partial charge in [0.2, 0.25) is 5.43 Å². The lowest BCUT2D eigenvalue weighted by molar-refractivity contribution is 0.0939. The normalized spacial score (nSPS) is 15.9. The van der Waals surface area contributed by atoms with Crippen molar-refractivity contribution >= 4 is 33.3 Å². The van der Waals surface area contributed by atoms with Crippen LogP contribution in [0.3, 0.4) is 0 Å². The van der Waals surface area contributed by atoms with Gasteiger partial charge in [-0.3, -0.25) is 9.59 Å². The standard InChI is InChI=1S/C31H33FN4O4/c1-2-3-12-39-13-6-10-34-31(38)23-18-36-25-14-19-7-4-5-8-20(19)15-26(25)40-30-27(36)22(29(23)37)16-24(32)28(30)35-11-9-21(33)17-35/h4-5,7-8,14-16,18,21H,2-3,6,9-13,17,33H2,1H3,(H,34,38). The van der Waals surface area contributed by atoms with E-state index in [-0.39, 0.29) is 28.4 Å². The number of nitrogens with zero attached hydrogens (tertiary/aromatic N) is 2. The van der Waals surface area contributed by atoms with Crippen LogP contribution in [0.15, 0.2) is 53.5 Å². The Kier molecular flexibility index (Phi) is 7.16. The number of benzene rings is 3. The van der Waals surface area contributed by atoms with E-state index in [0.29, 0.717) is 56.2 Å². The van der Waals surface area contributed by atoms with Gasteiger partial charge in [-0.15, -0.1) is 0 Å². The van der Waals surface area contributed by atoms with E-state index in [2.05, 4.69) is 12.2 Å². The van der Waals surface area contributed by atoms with Gasteiger partial charge in [-0.1, -0.05) is 37.6 Å². The van der Waals surface area contributed by atoms with Crippen LogP contribution in [0.2, 0.25) is 0 Å². The van der Waals surface area contributed by atoms with Gasteiger partial charge < -0.3 is 30.0 Å². The van der Waals surface area contributed by atoms with Crippen molar-refractivity contribution in [2.24, 2.45) is 5.73 Å². The molecule has 3 N–H and O–H groups in total. The molecule has 4 aromatic rings. The summed E-state index contributed by atoms with van der Waals surface area (Å²) in [6, 6.07) is 12.9. The first-order valence-corrected chi connectivity index (χ1v) is 14.0. The molecule has 1 aromatic heterocycles. The number of carbonyl (C=O) groups is 1. The van der Waals surface area contributed by atoms with Crippen molar-refractivity contribution < 1.29 is 18.7 Å². The Morgan fingerprint density at radius 2 is 1.95 bits per heavy atom. The molecule has 0 spiro atoms. The molecule has 6 rings (SSSR count). The largest absolute Gasteiger partial charge is 0.451 e. The summed E-state index contributed by atoms with van der Waals surface area (Å²) in [5.74, 6) is -0.303. The van der Waals surface area contributed by atoms with Gasteiger partial charge in [-0.25, -0.2) is 4.39 Å². The molecular formula is C31H33FN4O4. The minimum atomic E-state index is -0.578. The number of rotatable bonds is 9. The van der Waals surface area contributed by atoms with Gasteiger partial charge in [0, 0.05) is 45.1 Å². The van der Waals surface area contributed by atoms with Crippen LogP contribution in [0.1, 0.15) is 43.0 Å². The molecule has 0 aliphatic carbocycles. The maximum Gasteiger partial charge on any atom is 0.256 e. The smallest absolute Gasteiger partial charge is 0.256 e. The third-order valence-electron chi connectivity index (χ3n) is 7.65. The number of hydrogen-bond acceptors (Lipinski definition) is 6. The molecule has 40 heavy (non-hydrogen) atoms. The molecule has 2 aliphatic rings. The Hall–Kier alpha value is -3.95. The SMILES string of the molecule is CCCCOCCCNC(=O)c1cn2c3c(c(N4CCC(N)C4)c(F)cc3c1=O)Oc1cc3ccccc3cc1-2. The zero-order valence-corrected chi connectivity index (χ0v) is 22.5. The number of anilines is 1. The van der Waals surface area contributed by atoms with Gasteiger partial charge in [-0.2, -0.15) is 0 Å². The van der Waals surface area contributed by atoms with Crippen molar-refractivity contribution in [3.05, 3.63) is 70.3 Å². The molecule has 0 saturated carbocycles. The average molecular weight is 545 g/mol. The van der Waals surface area contributed by atoms with Crippen molar-refractivity contribution in [3.63, 3.8) is 0 Å². The zero-order valence-electron chi connectivity index (χ0n) is 22.5. The van der Waals surface area contributed by atoms with Crippen LogP contribution in [0, 0.1) is 5.82 Å². The lowest BCUT2D eigenvalue weighted by Crippen LogP contribution is -2.32. The number of fused-ring (bicyclic) bond motifs is 3. The second-order valence-electron chi connectivity index (χ2n) is 10.5. The van der Waals surface area contributed by atoms with E-state index in [0.717, 1.165) is 30.0 Å². The topological polar surface area (TPSA) is 98.8 Å². The summed E-state index contributed by atoms with van der Waals surface area (Å²) in [6.45, 7) is 4.74. The molecule has 1 amide bonds. The van der Waals surface area contributed by atoms with E-state index in [9.17, 15) is 9.59 Å². The number of ether oxygens (including phenoxy) is 2. The number of aromatic nitrogens is 1. The van der Waals surface area contributed by atoms with Crippen LogP contribution >= 0.6 is 0 Å². The molecule has 1 fully saturated rings. The summed E-state index contributed by atoms with van der Waals surface area (Å²) in [5, 5.41) is 4.86. The van der Waals surface area contributed by atoms with Crippen LogP contribution < -0.4 is 26.1 Å². The average Bonchev–Trinajstić information content (AvgIpc) is 3.38. The molecule has 1 saturated heterocycles. The van der Waals surface area contributed by atoms with Crippen LogP contribution in [-0.4, -0.2) is 49.4 Å². The number of pyridine rings is 1. The van der Waals surface area contributed by atoms with Crippen LogP contribution in [0.4, 0.5) is 10.1 Å². The Morgan fingerprint density at radius 1 is 1.18 bits per heavy atom. The predicted octanol–water partition coefficient (Wildman–Crippen LogP) is 4.86. The van der Waals surface area contributed by atoms with Gasteiger partial charge in [-0.05, 0) is 48.2 Å². The molecule has 208 valence electrons. The lowest BCUT2D eigenvalue weighted by atomic mass is 10.0. The Bertz CT molecular complexity index is 1670. The number of nitrogens with two attached hydrogens (primary N) is 1. The summed E-state index contributed by atoms with van der Waals surface area (Å²) < 4.78 is 29.5. The molecular weight excluding hydrogens is 511 g/mol. The number of amides is 1. The lowest BCUT2D eigenvalue weighted by Gasteiger charge is -2.29. The molecule has 0 radical (unpaired) electrons. The van der Waals surface area contributed by atoms with Crippen molar-refractivity contribution in [2.75, 3.05) is 37.7 Å². The van der Waals surface area contributed by atoms with Crippen LogP contribution in [0.25, 0.3) is 27.4 Å². The first kappa shape index (κ1) is 26.3. The molecule has 1 atom stereocenters. The Labute approximate surface area is 231 Å². The molecule has 3 aromatic carbocycles. The zero-order chi connectivity index (χ0) is 27.8. The number of unbranched alkanes of at least 4 members (excludes halogenated alkanes) is 1. The van der Waals surface area contributed by atoms with Gasteiger partial charge in [0.15, 0.2) is 17.3 Å². The summed E-state index contributed by atoms with van der Waals surface area (Å²) in [6.07, 6.45) is 4.96. The van der Waals surface area contributed by atoms with Crippen molar-refractivity contribution in [2.45, 2.75) is 38.6 Å². The van der Waals surface area contributed by atoms with Gasteiger partial charge in [0.1, 0.15) is 16.8 Å². The van der Waals surface area contributed by atoms with Gasteiger partial charge in [0.05, 0.1) is 11.1 Å². The number of hydrogen-bond donors (Lipinski definition) is 2. The van der Waals surface area contributed by atoms with Crippen molar-refractivity contribution in [1.82, 2.24) is 9.88 Å². The molecule has 0 bridgehead atoms. The molecule has 8 nitrogen and oxygen atoms in total. The van der Waals surface area contributed by atoms with Crippen LogP contribution in [0.5, 0.6) is 11.5 Å². The number of carbonyl (C=O) groups excluding carboxylic acids is 1. The Morgan fingerprint density at radius 3 is 2.70 bits per heavy atom. The summed E-state index contributed by atoms with van der Waals surface area (Å²) in [4.78, 5) is 28.7. The molecule has 9 heteroatoms. The Balaban J connectivity index is 1.45.